The van der Waals surface area contributed by atoms with Gasteiger partial charge in [-0.05, 0) is 82.6 Å². The molecule has 0 saturated carbocycles. The highest BCUT2D eigenvalue weighted by atomic mass is 16.3. The molecule has 0 saturated heterocycles. The number of para-hydroxylation sites is 2. The Morgan fingerprint density at radius 1 is 0.340 bits per heavy atom. The lowest BCUT2D eigenvalue weighted by Crippen LogP contribution is -2.10. The third kappa shape index (κ3) is 4.00. The minimum atomic E-state index is 0.868. The molecule has 220 valence electrons. The van der Waals surface area contributed by atoms with Gasteiger partial charge in [-0.1, -0.05) is 97.1 Å². The Kier molecular flexibility index (Phi) is 5.57. The first-order valence-corrected chi connectivity index (χ1v) is 15.9. The van der Waals surface area contributed by atoms with Gasteiger partial charge >= 0.3 is 0 Å². The Hall–Kier alpha value is -6.32. The number of nitrogens with zero attached hydrogens (tertiary/aromatic N) is 1. The quantitative estimate of drug-likeness (QED) is 0.188. The second-order valence-corrected chi connectivity index (χ2v) is 12.1. The molecule has 10 rings (SSSR count). The average Bonchev–Trinajstić information content (AvgIpc) is 3.70. The van der Waals surface area contributed by atoms with E-state index in [4.69, 9.17) is 8.83 Å². The van der Waals surface area contributed by atoms with E-state index in [0.717, 1.165) is 71.9 Å². The molecule has 2 heterocycles. The minimum absolute atomic E-state index is 0.868. The SMILES string of the molecule is c1ccc(-c2ccc3c(c2)oc2ccc4c(N(c5ccccc5)c5ccc6c(c5)oc5ccccc56)cc5ccccc5c4c23)cc1. The Bertz CT molecular complexity index is 2790. The van der Waals surface area contributed by atoms with Crippen molar-refractivity contribution in [3.8, 4) is 11.1 Å². The zero-order valence-electron chi connectivity index (χ0n) is 25.4. The third-order valence-corrected chi connectivity index (χ3v) is 9.42. The van der Waals surface area contributed by atoms with Gasteiger partial charge in [-0.2, -0.15) is 0 Å². The average molecular weight is 602 g/mol. The van der Waals surface area contributed by atoms with Crippen LogP contribution in [0.2, 0.25) is 0 Å². The van der Waals surface area contributed by atoms with Crippen LogP contribution in [0.5, 0.6) is 0 Å². The monoisotopic (exact) mass is 601 g/mol. The van der Waals surface area contributed by atoms with Gasteiger partial charge in [0.15, 0.2) is 0 Å². The second kappa shape index (κ2) is 10.1. The summed E-state index contributed by atoms with van der Waals surface area (Å²) in [5.74, 6) is 0. The van der Waals surface area contributed by atoms with Crippen molar-refractivity contribution in [3.05, 3.63) is 164 Å². The zero-order chi connectivity index (χ0) is 30.9. The van der Waals surface area contributed by atoms with Gasteiger partial charge in [0.2, 0.25) is 0 Å². The first kappa shape index (κ1) is 26.0. The Labute approximate surface area is 270 Å². The molecule has 3 heteroatoms. The largest absolute Gasteiger partial charge is 0.456 e. The number of anilines is 3. The zero-order valence-corrected chi connectivity index (χ0v) is 25.4. The van der Waals surface area contributed by atoms with Crippen LogP contribution in [0.4, 0.5) is 17.1 Å². The van der Waals surface area contributed by atoms with Crippen LogP contribution in [0.25, 0.3) is 76.5 Å². The summed E-state index contributed by atoms with van der Waals surface area (Å²) in [4.78, 5) is 2.35. The molecule has 8 aromatic carbocycles. The molecule has 0 aliphatic carbocycles. The summed E-state index contributed by atoms with van der Waals surface area (Å²) in [7, 11) is 0. The Balaban J connectivity index is 1.28. The number of hydrogen-bond donors (Lipinski definition) is 0. The summed E-state index contributed by atoms with van der Waals surface area (Å²) in [6, 6.07) is 57.8. The van der Waals surface area contributed by atoms with Gasteiger partial charge in [0.25, 0.3) is 0 Å². The molecule has 0 aliphatic rings. The predicted octanol–water partition coefficient (Wildman–Crippen LogP) is 12.9. The van der Waals surface area contributed by atoms with E-state index in [1.807, 2.05) is 18.2 Å². The number of rotatable bonds is 4. The van der Waals surface area contributed by atoms with Crippen molar-refractivity contribution in [1.29, 1.82) is 0 Å². The molecule has 0 radical (unpaired) electrons. The first-order chi connectivity index (χ1) is 23.3. The standard InChI is InChI=1S/C44H27NO2/c1-3-11-28(12-4-1)29-19-21-37-41(26-29)47-40-24-23-36-38(25-30-13-7-8-16-33(30)43(36)44(37)40)45(31-14-5-2-6-15-31)32-20-22-35-34-17-9-10-18-39(34)46-42(35)27-32/h1-27H. The van der Waals surface area contributed by atoms with Crippen molar-refractivity contribution >= 4 is 82.5 Å². The molecule has 0 amide bonds. The van der Waals surface area contributed by atoms with E-state index in [1.54, 1.807) is 0 Å². The number of furan rings is 2. The molecule has 0 aliphatic heterocycles. The van der Waals surface area contributed by atoms with E-state index >= 15 is 0 Å². The Morgan fingerprint density at radius 2 is 1.00 bits per heavy atom. The van der Waals surface area contributed by atoms with Crippen molar-refractivity contribution in [1.82, 2.24) is 0 Å². The van der Waals surface area contributed by atoms with Crippen LogP contribution in [0.15, 0.2) is 173 Å². The third-order valence-electron chi connectivity index (χ3n) is 9.42. The highest BCUT2D eigenvalue weighted by Crippen LogP contribution is 2.47. The van der Waals surface area contributed by atoms with Crippen LogP contribution in [-0.4, -0.2) is 0 Å². The van der Waals surface area contributed by atoms with Crippen LogP contribution in [0.1, 0.15) is 0 Å². The summed E-state index contributed by atoms with van der Waals surface area (Å²) in [6.07, 6.45) is 0. The van der Waals surface area contributed by atoms with Gasteiger partial charge in [-0.15, -0.1) is 0 Å². The molecule has 0 fully saturated rings. The normalized spacial score (nSPS) is 11.8. The molecule has 0 spiro atoms. The number of benzene rings is 8. The summed E-state index contributed by atoms with van der Waals surface area (Å²) < 4.78 is 13.0. The highest BCUT2D eigenvalue weighted by molar-refractivity contribution is 6.29. The lowest BCUT2D eigenvalue weighted by atomic mass is 9.94. The molecule has 0 unspecified atom stereocenters. The van der Waals surface area contributed by atoms with Crippen LogP contribution >= 0.6 is 0 Å². The Morgan fingerprint density at radius 3 is 1.87 bits per heavy atom. The fourth-order valence-electron chi connectivity index (χ4n) is 7.29. The van der Waals surface area contributed by atoms with Crippen LogP contribution in [-0.2, 0) is 0 Å². The number of fused-ring (bicyclic) bond motifs is 10. The van der Waals surface area contributed by atoms with Crippen LogP contribution in [0, 0.1) is 0 Å². The van der Waals surface area contributed by atoms with Gasteiger partial charge in [0, 0.05) is 49.8 Å². The van der Waals surface area contributed by atoms with E-state index < -0.39 is 0 Å². The van der Waals surface area contributed by atoms with Crippen molar-refractivity contribution < 1.29 is 8.83 Å². The van der Waals surface area contributed by atoms with Gasteiger partial charge in [-0.3, -0.25) is 0 Å². The van der Waals surface area contributed by atoms with E-state index in [1.165, 1.54) is 21.7 Å². The summed E-state index contributed by atoms with van der Waals surface area (Å²) in [6.45, 7) is 0. The van der Waals surface area contributed by atoms with Gasteiger partial charge < -0.3 is 13.7 Å². The van der Waals surface area contributed by atoms with Gasteiger partial charge in [0.1, 0.15) is 22.3 Å². The van der Waals surface area contributed by atoms with E-state index in [2.05, 4.69) is 150 Å². The molecule has 0 bridgehead atoms. The summed E-state index contributed by atoms with van der Waals surface area (Å²) in [5.41, 5.74) is 9.05. The lowest BCUT2D eigenvalue weighted by molar-refractivity contribution is 0.669. The van der Waals surface area contributed by atoms with E-state index in [-0.39, 0.29) is 0 Å². The van der Waals surface area contributed by atoms with Gasteiger partial charge in [-0.25, -0.2) is 0 Å². The van der Waals surface area contributed by atoms with Crippen molar-refractivity contribution in [2.75, 3.05) is 4.90 Å². The van der Waals surface area contributed by atoms with E-state index in [9.17, 15) is 0 Å². The second-order valence-electron chi connectivity index (χ2n) is 12.1. The summed E-state index contributed by atoms with van der Waals surface area (Å²) >= 11 is 0. The molecule has 2 aromatic heterocycles. The molecular formula is C44H27NO2. The minimum Gasteiger partial charge on any atom is -0.456 e. The van der Waals surface area contributed by atoms with E-state index in [0.29, 0.717) is 0 Å². The molecule has 47 heavy (non-hydrogen) atoms. The molecule has 0 N–H and O–H groups in total. The maximum Gasteiger partial charge on any atom is 0.137 e. The molecule has 10 aromatic rings. The molecule has 0 atom stereocenters. The maximum absolute atomic E-state index is 6.59. The summed E-state index contributed by atoms with van der Waals surface area (Å²) in [5, 5.41) is 9.20. The molecule has 3 nitrogen and oxygen atoms in total. The predicted molar refractivity (Wildman–Crippen MR) is 196 cm³/mol. The van der Waals surface area contributed by atoms with Crippen molar-refractivity contribution in [3.63, 3.8) is 0 Å². The number of hydrogen-bond acceptors (Lipinski definition) is 3. The van der Waals surface area contributed by atoms with Crippen molar-refractivity contribution in [2.24, 2.45) is 0 Å². The molecular weight excluding hydrogens is 574 g/mol. The topological polar surface area (TPSA) is 29.5 Å². The fraction of sp³-hybridized carbons (Fsp3) is 0. The smallest absolute Gasteiger partial charge is 0.137 e. The van der Waals surface area contributed by atoms with Crippen LogP contribution in [0.3, 0.4) is 0 Å². The lowest BCUT2D eigenvalue weighted by Gasteiger charge is -2.27. The fourth-order valence-corrected chi connectivity index (χ4v) is 7.29. The van der Waals surface area contributed by atoms with Crippen molar-refractivity contribution in [2.45, 2.75) is 0 Å². The first-order valence-electron chi connectivity index (χ1n) is 15.9. The highest BCUT2D eigenvalue weighted by Gasteiger charge is 2.21. The maximum atomic E-state index is 6.59. The van der Waals surface area contributed by atoms with Crippen LogP contribution < -0.4 is 4.90 Å². The van der Waals surface area contributed by atoms with Gasteiger partial charge in [0.05, 0.1) is 5.69 Å².